The highest BCUT2D eigenvalue weighted by Gasteiger charge is 2.06. The summed E-state index contributed by atoms with van der Waals surface area (Å²) in [7, 11) is 18.9. The van der Waals surface area contributed by atoms with E-state index >= 15 is 0 Å². The quantitative estimate of drug-likeness (QED) is 0.0855. The zero-order valence-corrected chi connectivity index (χ0v) is 64.1. The number of carboxylic acid groups (broad SMARTS) is 1. The number of para-hydroxylation sites is 3. The van der Waals surface area contributed by atoms with E-state index in [9.17, 15) is 27.2 Å². The fourth-order valence-corrected chi connectivity index (χ4v) is 8.22. The molecule has 15 nitrogen and oxygen atoms in total. The van der Waals surface area contributed by atoms with Gasteiger partial charge < -0.3 is 61.9 Å². The van der Waals surface area contributed by atoms with Crippen LogP contribution < -0.4 is 52.1 Å². The average Bonchev–Trinajstić information content (AvgIpc) is 0.910. The molecule has 0 unspecified atom stereocenters. The number of hydrogen-bond acceptors (Lipinski definition) is 14. The number of benzene rings is 11. The van der Waals surface area contributed by atoms with Crippen molar-refractivity contribution in [2.24, 2.45) is 0 Å². The van der Waals surface area contributed by atoms with Crippen molar-refractivity contribution < 1.29 is 89.1 Å². The Bertz CT molecular complexity index is 4060. The van der Waals surface area contributed by atoms with Crippen molar-refractivity contribution in [2.75, 3.05) is 85.3 Å². The van der Waals surface area contributed by atoms with E-state index in [0.29, 0.717) is 34.1 Å². The summed E-state index contributed by atoms with van der Waals surface area (Å²) in [6, 6.07) is 73.5. The summed E-state index contributed by atoms with van der Waals surface area (Å²) >= 11 is 5.72. The number of aryl methyl sites for hydroxylation is 6. The number of ether oxygens (including phenoxy) is 12. The van der Waals surface area contributed by atoms with Crippen LogP contribution in [0.4, 0.5) is 17.6 Å². The molecule has 0 aliphatic rings. The molecule has 0 heterocycles. The standard InChI is InChI=1S/C9H10O3.C8H9ClO.2C8H9FO.C8H8O3.3C8H10O.2C7H7FO.C7H8O/c1-11-8-5-3-4-7(6-8)9(10)12-2;1-6-5-7(9)3-4-8(6)10-2;1-6-5-7(10-2)3-4-8(6)9;1-6-5-7(9)3-4-8(6)10-2;1-11-7-4-2-3-6(5-7)8(9)10;1-7-3-5-8(9-2)6-4-7;1-7-4-3-5-8(6-7)9-2;1-7-5-3-4-6-8(7)9-2;1-9-7-4-2-6(8)3-5-7;1-9-7-5-3-2-4-6(7)8;1-8-7-5-3-2-4-6-7/h3-6H,1-2H3;3*3-5H,1-2H3;2-5H,1H3,(H,9,10);3*3-6H,1-2H3;2*2-5H,1H3;2-6H,1H3. The van der Waals surface area contributed by atoms with Gasteiger partial charge in [-0.2, -0.15) is 0 Å². The molecule has 11 aromatic rings. The van der Waals surface area contributed by atoms with Crippen LogP contribution >= 0.6 is 11.6 Å². The number of esters is 1. The minimum absolute atomic E-state index is 0.194. The number of halogens is 5. The molecule has 0 atom stereocenters. The first-order valence-electron chi connectivity index (χ1n) is 32.3. The molecule has 0 fully saturated rings. The second kappa shape index (κ2) is 54.8. The molecule has 0 aliphatic heterocycles. The van der Waals surface area contributed by atoms with E-state index in [1.54, 1.807) is 156 Å². The van der Waals surface area contributed by atoms with Crippen molar-refractivity contribution >= 4 is 23.5 Å². The summed E-state index contributed by atoms with van der Waals surface area (Å²) in [5.41, 5.74) is 6.91. The monoisotopic (exact) mass is 1480 g/mol. The average molecular weight is 1480 g/mol. The molecule has 0 saturated heterocycles. The van der Waals surface area contributed by atoms with Crippen LogP contribution in [-0.2, 0) is 4.74 Å². The fourth-order valence-electron chi connectivity index (χ4n) is 7.99. The van der Waals surface area contributed by atoms with Gasteiger partial charge in [0.05, 0.1) is 96.4 Å². The molecule has 0 saturated carbocycles. The molecule has 0 radical (unpaired) electrons. The van der Waals surface area contributed by atoms with E-state index in [2.05, 4.69) is 16.4 Å². The summed E-state index contributed by atoms with van der Waals surface area (Å²) in [5.74, 6) is 5.91. The Labute approximate surface area is 627 Å². The first kappa shape index (κ1) is 92.2. The van der Waals surface area contributed by atoms with Crippen LogP contribution in [0.2, 0.25) is 5.02 Å². The van der Waals surface area contributed by atoms with Gasteiger partial charge in [-0.15, -0.1) is 0 Å². The van der Waals surface area contributed by atoms with Crippen LogP contribution in [0.5, 0.6) is 63.2 Å². The van der Waals surface area contributed by atoms with Crippen molar-refractivity contribution in [3.63, 3.8) is 0 Å². The van der Waals surface area contributed by atoms with Crippen molar-refractivity contribution in [1.82, 2.24) is 0 Å². The molecule has 11 rings (SSSR count). The summed E-state index contributed by atoms with van der Waals surface area (Å²) in [6.07, 6.45) is 0. The van der Waals surface area contributed by atoms with Gasteiger partial charge in [0.1, 0.15) is 74.9 Å². The molecule has 11 aromatic carbocycles. The topological polar surface area (TPSA) is 165 Å². The van der Waals surface area contributed by atoms with Gasteiger partial charge in [0.15, 0.2) is 11.6 Å². The molecule has 0 amide bonds. The van der Waals surface area contributed by atoms with Crippen molar-refractivity contribution in [3.05, 3.63) is 328 Å². The molecule has 0 aromatic heterocycles. The van der Waals surface area contributed by atoms with Gasteiger partial charge in [-0.3, -0.25) is 0 Å². The molecule has 0 aliphatic carbocycles. The van der Waals surface area contributed by atoms with Crippen LogP contribution in [0, 0.1) is 64.8 Å². The highest BCUT2D eigenvalue weighted by molar-refractivity contribution is 6.30. The van der Waals surface area contributed by atoms with Crippen LogP contribution in [0.3, 0.4) is 0 Å². The number of hydrogen-bond donors (Lipinski definition) is 1. The number of carbonyl (C=O) groups excluding carboxylic acids is 1. The number of rotatable bonds is 13. The maximum Gasteiger partial charge on any atom is 0.337 e. The first-order valence-corrected chi connectivity index (χ1v) is 32.7. The second-order valence-corrected chi connectivity index (χ2v) is 21.9. The van der Waals surface area contributed by atoms with Gasteiger partial charge in [0.2, 0.25) is 0 Å². The van der Waals surface area contributed by atoms with E-state index in [0.717, 1.165) is 50.6 Å². The highest BCUT2D eigenvalue weighted by atomic mass is 35.5. The van der Waals surface area contributed by atoms with E-state index < -0.39 is 5.97 Å². The Morgan fingerprint density at radius 3 is 1.08 bits per heavy atom. The third-order valence-corrected chi connectivity index (χ3v) is 14.0. The van der Waals surface area contributed by atoms with Gasteiger partial charge in [0, 0.05) is 5.02 Å². The summed E-state index contributed by atoms with van der Waals surface area (Å²) in [6.45, 7) is 11.6. The SMILES string of the molecule is COC(=O)c1cccc(OC)c1.COc1ccc(C)cc1.COc1ccc(Cl)cc1C.COc1ccc(F)c(C)c1.COc1ccc(F)cc1.COc1ccc(F)cc1C.COc1cccc(C(=O)O)c1.COc1cccc(C)c1.COc1ccccc1.COc1ccccc1C.COc1ccccc1F. The Hall–Kier alpha value is -11.8. The predicted molar refractivity (Wildman–Crippen MR) is 414 cm³/mol. The lowest BCUT2D eigenvalue weighted by Gasteiger charge is -2.02. The number of carboxylic acids is 1. The van der Waals surface area contributed by atoms with Gasteiger partial charge in [-0.05, 0) is 239 Å². The lowest BCUT2D eigenvalue weighted by Crippen LogP contribution is -2.00. The molecule has 0 spiro atoms. The summed E-state index contributed by atoms with van der Waals surface area (Å²) in [4.78, 5) is 21.4. The molecule has 0 bridgehead atoms. The first-order chi connectivity index (χ1) is 50.8. The Morgan fingerprint density at radius 1 is 0.283 bits per heavy atom. The number of aromatic carboxylic acids is 1. The summed E-state index contributed by atoms with van der Waals surface area (Å²) < 4.78 is 108. The van der Waals surface area contributed by atoms with Crippen LogP contribution in [0.1, 0.15) is 54.1 Å². The Kier molecular flexibility index (Phi) is 47.7. The molecular formula is C86H97ClF4O15. The van der Waals surface area contributed by atoms with Crippen molar-refractivity contribution in [1.29, 1.82) is 0 Å². The van der Waals surface area contributed by atoms with Gasteiger partial charge in [-0.25, -0.2) is 27.2 Å². The lowest BCUT2D eigenvalue weighted by atomic mass is 10.2. The van der Waals surface area contributed by atoms with E-state index in [1.165, 1.54) is 86.6 Å². The van der Waals surface area contributed by atoms with Gasteiger partial charge in [0.25, 0.3) is 0 Å². The maximum atomic E-state index is 12.6. The molecule has 1 N–H and O–H groups in total. The van der Waals surface area contributed by atoms with Gasteiger partial charge in [-0.1, -0.05) is 102 Å². The van der Waals surface area contributed by atoms with E-state index in [-0.39, 0.29) is 40.6 Å². The minimum atomic E-state index is -0.941. The highest BCUT2D eigenvalue weighted by Crippen LogP contribution is 2.23. The lowest BCUT2D eigenvalue weighted by molar-refractivity contribution is 0.0599. The fraction of sp³-hybridized carbons (Fsp3) is 0.209. The summed E-state index contributed by atoms with van der Waals surface area (Å²) in [5, 5.41) is 9.30. The normalized spacial score (nSPS) is 9.20. The zero-order chi connectivity index (χ0) is 79.2. The molecule has 20 heteroatoms. The third kappa shape index (κ3) is 39.6. The third-order valence-electron chi connectivity index (χ3n) is 13.8. The molecule has 566 valence electrons. The minimum Gasteiger partial charge on any atom is -0.497 e. The molecule has 106 heavy (non-hydrogen) atoms. The second-order valence-electron chi connectivity index (χ2n) is 21.4. The van der Waals surface area contributed by atoms with Crippen LogP contribution in [0.15, 0.2) is 255 Å². The predicted octanol–water partition coefficient (Wildman–Crippen LogP) is 21.2. The smallest absolute Gasteiger partial charge is 0.337 e. The van der Waals surface area contributed by atoms with Crippen LogP contribution in [-0.4, -0.2) is 102 Å². The maximum absolute atomic E-state index is 12.6. The Morgan fingerprint density at radius 2 is 0.670 bits per heavy atom. The zero-order valence-electron chi connectivity index (χ0n) is 63.3. The Balaban J connectivity index is 0.000000584. The van der Waals surface area contributed by atoms with E-state index in [1.807, 2.05) is 149 Å². The van der Waals surface area contributed by atoms with E-state index in [4.69, 9.17) is 64.1 Å². The molecular weight excluding hydrogens is 1380 g/mol. The van der Waals surface area contributed by atoms with Crippen molar-refractivity contribution in [3.8, 4) is 63.2 Å². The number of carbonyl (C=O) groups is 2. The van der Waals surface area contributed by atoms with Crippen molar-refractivity contribution in [2.45, 2.75) is 41.5 Å². The van der Waals surface area contributed by atoms with Gasteiger partial charge >= 0.3 is 11.9 Å². The van der Waals surface area contributed by atoms with Crippen LogP contribution in [0.25, 0.3) is 0 Å². The number of methoxy groups -OCH3 is 12. The largest absolute Gasteiger partial charge is 0.497 e.